The molecule has 0 bridgehead atoms. The molecule has 0 atom stereocenters. The Morgan fingerprint density at radius 3 is 2.47 bits per heavy atom. The van der Waals surface area contributed by atoms with Gasteiger partial charge < -0.3 is 10.6 Å². The highest BCUT2D eigenvalue weighted by Crippen LogP contribution is 2.38. The normalized spacial score (nSPS) is 14.9. The minimum Gasteiger partial charge on any atom is -0.339 e. The molecule has 1 heterocycles. The Morgan fingerprint density at radius 1 is 0.933 bits per heavy atom. The van der Waals surface area contributed by atoms with E-state index in [4.69, 9.17) is 9.97 Å². The Labute approximate surface area is 178 Å². The number of Topliss-reactive ketones (excluding diaryl/α,β-unsaturated/α-hetero) is 1. The Balaban J connectivity index is 1.80. The number of anilines is 4. The number of benzene rings is 2. The molecule has 0 saturated heterocycles. The van der Waals surface area contributed by atoms with Crippen molar-refractivity contribution in [2.45, 2.75) is 47.5 Å². The van der Waals surface area contributed by atoms with Crippen LogP contribution in [-0.2, 0) is 6.42 Å². The molecule has 2 aromatic carbocycles. The molecule has 0 amide bonds. The SMILES string of the molecule is Cc1cccc(Nc2nc3c(c(Nc4cccc(C)c4C)n2)C(=O)CC(C)(C)C3)c1. The Bertz CT molecular complexity index is 1130. The number of hydrogen-bond acceptors (Lipinski definition) is 5. The van der Waals surface area contributed by atoms with Crippen LogP contribution in [0.2, 0.25) is 0 Å². The van der Waals surface area contributed by atoms with Gasteiger partial charge in [-0.1, -0.05) is 38.1 Å². The van der Waals surface area contributed by atoms with Gasteiger partial charge in [0.1, 0.15) is 5.82 Å². The van der Waals surface area contributed by atoms with Gasteiger partial charge in [0.05, 0.1) is 11.3 Å². The van der Waals surface area contributed by atoms with E-state index in [0.29, 0.717) is 23.8 Å². The van der Waals surface area contributed by atoms with Crippen LogP contribution in [0.5, 0.6) is 0 Å². The zero-order valence-electron chi connectivity index (χ0n) is 18.3. The van der Waals surface area contributed by atoms with Crippen LogP contribution in [0, 0.1) is 26.2 Å². The Morgan fingerprint density at radius 2 is 1.70 bits per heavy atom. The zero-order chi connectivity index (χ0) is 21.5. The number of aryl methyl sites for hydroxylation is 2. The van der Waals surface area contributed by atoms with Gasteiger partial charge in [0.15, 0.2) is 5.78 Å². The lowest BCUT2D eigenvalue weighted by Crippen LogP contribution is -2.29. The fraction of sp³-hybridized carbons (Fsp3) is 0.320. The standard InChI is InChI=1S/C25H28N4O/c1-15-8-6-10-18(12-15)26-24-28-20-13-25(4,5)14-21(30)22(20)23(29-24)27-19-11-7-9-16(2)17(19)3/h6-12H,13-14H2,1-5H3,(H2,26,27,28,29). The van der Waals surface area contributed by atoms with E-state index in [1.165, 1.54) is 5.56 Å². The van der Waals surface area contributed by atoms with Crippen molar-refractivity contribution >= 4 is 28.9 Å². The average molecular weight is 401 g/mol. The molecule has 154 valence electrons. The summed E-state index contributed by atoms with van der Waals surface area (Å²) in [5, 5.41) is 6.74. The molecule has 0 radical (unpaired) electrons. The van der Waals surface area contributed by atoms with Crippen LogP contribution in [0.3, 0.4) is 0 Å². The summed E-state index contributed by atoms with van der Waals surface area (Å²) >= 11 is 0. The number of aromatic nitrogens is 2. The fourth-order valence-corrected chi connectivity index (χ4v) is 3.98. The van der Waals surface area contributed by atoms with Crippen molar-refractivity contribution in [2.75, 3.05) is 10.6 Å². The van der Waals surface area contributed by atoms with Crippen molar-refractivity contribution in [3.63, 3.8) is 0 Å². The molecular weight excluding hydrogens is 372 g/mol. The third-order valence-corrected chi connectivity index (χ3v) is 5.68. The molecule has 5 nitrogen and oxygen atoms in total. The molecule has 0 fully saturated rings. The van der Waals surface area contributed by atoms with Crippen LogP contribution in [0.4, 0.5) is 23.1 Å². The number of ketones is 1. The summed E-state index contributed by atoms with van der Waals surface area (Å²) in [6, 6.07) is 14.2. The minimum absolute atomic E-state index is 0.0937. The highest BCUT2D eigenvalue weighted by atomic mass is 16.1. The summed E-state index contributed by atoms with van der Waals surface area (Å²) < 4.78 is 0. The molecular formula is C25H28N4O. The summed E-state index contributed by atoms with van der Waals surface area (Å²) in [5.41, 5.74) is 6.66. The Hall–Kier alpha value is -3.21. The van der Waals surface area contributed by atoms with Crippen molar-refractivity contribution < 1.29 is 4.79 Å². The van der Waals surface area contributed by atoms with E-state index >= 15 is 0 Å². The molecule has 4 rings (SSSR count). The summed E-state index contributed by atoms with van der Waals surface area (Å²) in [4.78, 5) is 22.5. The monoisotopic (exact) mass is 400 g/mol. The molecule has 2 N–H and O–H groups in total. The fourth-order valence-electron chi connectivity index (χ4n) is 3.98. The largest absolute Gasteiger partial charge is 0.339 e. The van der Waals surface area contributed by atoms with E-state index in [-0.39, 0.29) is 11.2 Å². The van der Waals surface area contributed by atoms with Crippen molar-refractivity contribution in [3.8, 4) is 0 Å². The second kappa shape index (κ2) is 7.56. The van der Waals surface area contributed by atoms with Crippen LogP contribution >= 0.6 is 0 Å². The maximum absolute atomic E-state index is 13.0. The van der Waals surface area contributed by atoms with Gasteiger partial charge >= 0.3 is 0 Å². The predicted octanol–water partition coefficient (Wildman–Crippen LogP) is 6.04. The first-order chi connectivity index (χ1) is 14.2. The van der Waals surface area contributed by atoms with Crippen molar-refractivity contribution in [3.05, 3.63) is 70.4 Å². The second-order valence-corrected chi connectivity index (χ2v) is 9.03. The van der Waals surface area contributed by atoms with E-state index < -0.39 is 0 Å². The van der Waals surface area contributed by atoms with Gasteiger partial charge in [-0.05, 0) is 67.5 Å². The molecule has 5 heteroatoms. The molecule has 0 spiro atoms. The first-order valence-electron chi connectivity index (χ1n) is 10.3. The maximum atomic E-state index is 13.0. The van der Waals surface area contributed by atoms with Crippen molar-refractivity contribution in [2.24, 2.45) is 5.41 Å². The molecule has 0 unspecified atom stereocenters. The summed E-state index contributed by atoms with van der Waals surface area (Å²) in [5.74, 6) is 1.16. The van der Waals surface area contributed by atoms with E-state index in [1.807, 2.05) is 37.3 Å². The lowest BCUT2D eigenvalue weighted by molar-refractivity contribution is 0.0911. The molecule has 1 aromatic heterocycles. The van der Waals surface area contributed by atoms with Gasteiger partial charge in [-0.3, -0.25) is 4.79 Å². The first-order valence-corrected chi connectivity index (χ1v) is 10.3. The summed E-state index contributed by atoms with van der Waals surface area (Å²) in [6.45, 7) is 10.4. The van der Waals surface area contributed by atoms with Crippen LogP contribution in [0.1, 0.15) is 53.0 Å². The molecule has 30 heavy (non-hydrogen) atoms. The first kappa shape index (κ1) is 20.1. The molecule has 0 saturated carbocycles. The number of rotatable bonds is 4. The van der Waals surface area contributed by atoms with E-state index in [9.17, 15) is 4.79 Å². The van der Waals surface area contributed by atoms with E-state index in [0.717, 1.165) is 34.6 Å². The third kappa shape index (κ3) is 4.06. The van der Waals surface area contributed by atoms with Gasteiger partial charge in [0.25, 0.3) is 0 Å². The molecule has 0 aliphatic heterocycles. The molecule has 3 aromatic rings. The van der Waals surface area contributed by atoms with Crippen LogP contribution in [0.25, 0.3) is 0 Å². The zero-order valence-corrected chi connectivity index (χ0v) is 18.3. The van der Waals surface area contributed by atoms with Gasteiger partial charge in [-0.25, -0.2) is 4.98 Å². The summed E-state index contributed by atoms with van der Waals surface area (Å²) in [7, 11) is 0. The number of carbonyl (C=O) groups is 1. The highest BCUT2D eigenvalue weighted by Gasteiger charge is 2.35. The second-order valence-electron chi connectivity index (χ2n) is 9.03. The number of fused-ring (bicyclic) bond motifs is 1. The number of carbonyl (C=O) groups excluding carboxylic acids is 1. The van der Waals surface area contributed by atoms with E-state index in [1.54, 1.807) is 0 Å². The topological polar surface area (TPSA) is 66.9 Å². The van der Waals surface area contributed by atoms with Gasteiger partial charge in [-0.2, -0.15) is 4.98 Å². The number of nitrogens with zero attached hydrogens (tertiary/aromatic N) is 2. The Kier molecular flexibility index (Phi) is 5.06. The van der Waals surface area contributed by atoms with Crippen molar-refractivity contribution in [1.29, 1.82) is 0 Å². The lowest BCUT2D eigenvalue weighted by atomic mass is 9.75. The minimum atomic E-state index is -0.116. The van der Waals surface area contributed by atoms with Gasteiger partial charge in [-0.15, -0.1) is 0 Å². The quantitative estimate of drug-likeness (QED) is 0.558. The molecule has 1 aliphatic carbocycles. The van der Waals surface area contributed by atoms with Gasteiger partial charge in [0, 0.05) is 17.8 Å². The number of nitrogens with one attached hydrogen (secondary N) is 2. The van der Waals surface area contributed by atoms with Crippen LogP contribution < -0.4 is 10.6 Å². The summed E-state index contributed by atoms with van der Waals surface area (Å²) in [6.07, 6.45) is 1.23. The van der Waals surface area contributed by atoms with Crippen LogP contribution in [0.15, 0.2) is 42.5 Å². The predicted molar refractivity (Wildman–Crippen MR) is 122 cm³/mol. The lowest BCUT2D eigenvalue weighted by Gasteiger charge is -2.30. The number of hydrogen-bond donors (Lipinski definition) is 2. The highest BCUT2D eigenvalue weighted by molar-refractivity contribution is 6.03. The van der Waals surface area contributed by atoms with Crippen LogP contribution in [-0.4, -0.2) is 15.8 Å². The molecule has 1 aliphatic rings. The van der Waals surface area contributed by atoms with E-state index in [2.05, 4.69) is 50.5 Å². The third-order valence-electron chi connectivity index (χ3n) is 5.68. The van der Waals surface area contributed by atoms with Crippen molar-refractivity contribution in [1.82, 2.24) is 9.97 Å². The average Bonchev–Trinajstić information content (AvgIpc) is 2.64. The van der Waals surface area contributed by atoms with Gasteiger partial charge in [0.2, 0.25) is 5.95 Å². The smallest absolute Gasteiger partial charge is 0.229 e. The maximum Gasteiger partial charge on any atom is 0.229 e.